The summed E-state index contributed by atoms with van der Waals surface area (Å²) in [4.78, 5) is 18.9. The molecule has 0 N–H and O–H groups in total. The third kappa shape index (κ3) is 3.62. The fourth-order valence-electron chi connectivity index (χ4n) is 3.26. The molecule has 2 heterocycles. The van der Waals surface area contributed by atoms with Gasteiger partial charge in [0.1, 0.15) is 0 Å². The van der Waals surface area contributed by atoms with Crippen molar-refractivity contribution in [1.29, 1.82) is 0 Å². The van der Waals surface area contributed by atoms with Crippen molar-refractivity contribution in [1.82, 2.24) is 14.7 Å². The van der Waals surface area contributed by atoms with E-state index in [2.05, 4.69) is 23.6 Å². The van der Waals surface area contributed by atoms with Crippen LogP contribution in [0.2, 0.25) is 0 Å². The maximum Gasteiger partial charge on any atom is 0.320 e. The van der Waals surface area contributed by atoms with Gasteiger partial charge in [0.05, 0.1) is 0 Å². The first kappa shape index (κ1) is 14.6. The molecule has 2 aliphatic heterocycles. The standard InChI is InChI=1S/C15H29N3O/c1-3-5-6-7-9-16-11-12-18-14(13-16)8-10-17(4-2)15(18)19/h14H,3-13H2,1-2H3/t14-/m1/s1. The molecule has 2 aliphatic rings. The van der Waals surface area contributed by atoms with E-state index in [1.165, 1.54) is 32.2 Å². The zero-order valence-electron chi connectivity index (χ0n) is 12.6. The second kappa shape index (κ2) is 7.13. The van der Waals surface area contributed by atoms with E-state index in [-0.39, 0.29) is 6.03 Å². The third-order valence-corrected chi connectivity index (χ3v) is 4.52. The van der Waals surface area contributed by atoms with Crippen molar-refractivity contribution >= 4 is 6.03 Å². The lowest BCUT2D eigenvalue weighted by Gasteiger charge is -2.47. The van der Waals surface area contributed by atoms with Crippen molar-refractivity contribution in [3.05, 3.63) is 0 Å². The van der Waals surface area contributed by atoms with Gasteiger partial charge in [0.2, 0.25) is 0 Å². The minimum atomic E-state index is 0.268. The number of piperazine rings is 1. The molecule has 2 rings (SSSR count). The normalized spacial score (nSPS) is 24.7. The number of unbranched alkanes of at least 4 members (excludes halogenated alkanes) is 3. The topological polar surface area (TPSA) is 26.8 Å². The second-order valence-electron chi connectivity index (χ2n) is 5.86. The quantitative estimate of drug-likeness (QED) is 0.691. The molecule has 110 valence electrons. The molecule has 0 aromatic rings. The van der Waals surface area contributed by atoms with Gasteiger partial charge >= 0.3 is 6.03 Å². The summed E-state index contributed by atoms with van der Waals surface area (Å²) in [7, 11) is 0. The molecule has 2 amide bonds. The summed E-state index contributed by atoms with van der Waals surface area (Å²) in [6.45, 7) is 10.4. The van der Waals surface area contributed by atoms with Crippen LogP contribution < -0.4 is 0 Å². The van der Waals surface area contributed by atoms with Crippen molar-refractivity contribution in [2.24, 2.45) is 0 Å². The van der Waals surface area contributed by atoms with Crippen molar-refractivity contribution in [3.8, 4) is 0 Å². The van der Waals surface area contributed by atoms with Gasteiger partial charge in [-0.2, -0.15) is 0 Å². The van der Waals surface area contributed by atoms with Gasteiger partial charge in [-0.1, -0.05) is 26.2 Å². The lowest BCUT2D eigenvalue weighted by atomic mass is 10.1. The number of amides is 2. The Balaban J connectivity index is 1.76. The molecule has 4 heteroatoms. The van der Waals surface area contributed by atoms with Crippen LogP contribution in [0.4, 0.5) is 4.79 Å². The van der Waals surface area contributed by atoms with E-state index < -0.39 is 0 Å². The van der Waals surface area contributed by atoms with Crippen LogP contribution in [0.15, 0.2) is 0 Å². The molecule has 0 saturated carbocycles. The van der Waals surface area contributed by atoms with Crippen molar-refractivity contribution in [3.63, 3.8) is 0 Å². The first-order chi connectivity index (χ1) is 9.26. The number of hydrogen-bond donors (Lipinski definition) is 0. The molecule has 0 radical (unpaired) electrons. The second-order valence-corrected chi connectivity index (χ2v) is 5.86. The van der Waals surface area contributed by atoms with Gasteiger partial charge in [0.25, 0.3) is 0 Å². The van der Waals surface area contributed by atoms with Crippen LogP contribution in [0.5, 0.6) is 0 Å². The van der Waals surface area contributed by atoms with Crippen molar-refractivity contribution in [2.75, 3.05) is 39.3 Å². The summed E-state index contributed by atoms with van der Waals surface area (Å²) in [6, 6.07) is 0.736. The molecule has 2 saturated heterocycles. The molecule has 1 atom stereocenters. The third-order valence-electron chi connectivity index (χ3n) is 4.52. The summed E-state index contributed by atoms with van der Waals surface area (Å²) in [5.41, 5.74) is 0. The number of nitrogens with zero attached hydrogens (tertiary/aromatic N) is 3. The van der Waals surface area contributed by atoms with Crippen LogP contribution in [0.25, 0.3) is 0 Å². The number of rotatable bonds is 6. The highest BCUT2D eigenvalue weighted by atomic mass is 16.2. The zero-order chi connectivity index (χ0) is 13.7. The molecule has 4 nitrogen and oxygen atoms in total. The Kier molecular flexibility index (Phi) is 5.49. The Labute approximate surface area is 117 Å². The maximum absolute atomic E-state index is 12.2. The fourth-order valence-corrected chi connectivity index (χ4v) is 3.26. The van der Waals surface area contributed by atoms with Gasteiger partial charge in [0.15, 0.2) is 0 Å². The molecular formula is C15H29N3O. The lowest BCUT2D eigenvalue weighted by Crippen LogP contribution is -2.62. The summed E-state index contributed by atoms with van der Waals surface area (Å²) < 4.78 is 0. The Morgan fingerprint density at radius 3 is 2.68 bits per heavy atom. The van der Waals surface area contributed by atoms with E-state index in [0.717, 1.165) is 39.1 Å². The Morgan fingerprint density at radius 1 is 1.11 bits per heavy atom. The van der Waals surface area contributed by atoms with Gasteiger partial charge in [-0.15, -0.1) is 0 Å². The van der Waals surface area contributed by atoms with Gasteiger partial charge in [-0.25, -0.2) is 4.79 Å². The summed E-state index contributed by atoms with van der Waals surface area (Å²) in [5, 5.41) is 0. The summed E-state index contributed by atoms with van der Waals surface area (Å²) >= 11 is 0. The highest BCUT2D eigenvalue weighted by Crippen LogP contribution is 2.20. The van der Waals surface area contributed by atoms with Crippen LogP contribution in [-0.2, 0) is 0 Å². The molecular weight excluding hydrogens is 238 g/mol. The molecule has 0 aromatic carbocycles. The average Bonchev–Trinajstić information content (AvgIpc) is 2.44. The first-order valence-corrected chi connectivity index (χ1v) is 8.04. The highest BCUT2D eigenvalue weighted by Gasteiger charge is 2.35. The van der Waals surface area contributed by atoms with E-state index in [1.807, 2.05) is 4.90 Å². The number of carbonyl (C=O) groups excluding carboxylic acids is 1. The van der Waals surface area contributed by atoms with Crippen molar-refractivity contribution in [2.45, 2.75) is 52.0 Å². The number of fused-ring (bicyclic) bond motifs is 1. The molecule has 2 fully saturated rings. The van der Waals surface area contributed by atoms with E-state index in [4.69, 9.17) is 0 Å². The minimum absolute atomic E-state index is 0.268. The first-order valence-electron chi connectivity index (χ1n) is 8.04. The Hall–Kier alpha value is -0.770. The summed E-state index contributed by atoms with van der Waals surface area (Å²) in [5.74, 6) is 0. The molecule has 19 heavy (non-hydrogen) atoms. The average molecular weight is 267 g/mol. The van der Waals surface area contributed by atoms with E-state index in [0.29, 0.717) is 6.04 Å². The minimum Gasteiger partial charge on any atom is -0.325 e. The monoisotopic (exact) mass is 267 g/mol. The Morgan fingerprint density at radius 2 is 1.95 bits per heavy atom. The molecule has 0 spiro atoms. The van der Waals surface area contributed by atoms with Crippen molar-refractivity contribution < 1.29 is 4.79 Å². The van der Waals surface area contributed by atoms with Crippen LogP contribution in [0, 0.1) is 0 Å². The van der Waals surface area contributed by atoms with Gasteiger partial charge in [-0.3, -0.25) is 4.90 Å². The van der Waals surface area contributed by atoms with Crippen LogP contribution in [0.1, 0.15) is 46.0 Å². The molecule has 0 aromatic heterocycles. The Bertz CT molecular complexity index is 295. The smallest absolute Gasteiger partial charge is 0.320 e. The number of hydrogen-bond acceptors (Lipinski definition) is 2. The van der Waals surface area contributed by atoms with Crippen LogP contribution >= 0.6 is 0 Å². The SMILES string of the molecule is CCCCCCN1CCN2C(=O)N(CC)CC[C@@H]2C1. The highest BCUT2D eigenvalue weighted by molar-refractivity contribution is 5.75. The zero-order valence-corrected chi connectivity index (χ0v) is 12.6. The van der Waals surface area contributed by atoms with Crippen LogP contribution in [0.3, 0.4) is 0 Å². The van der Waals surface area contributed by atoms with E-state index in [9.17, 15) is 4.79 Å². The van der Waals surface area contributed by atoms with E-state index in [1.54, 1.807) is 0 Å². The number of carbonyl (C=O) groups is 1. The van der Waals surface area contributed by atoms with E-state index >= 15 is 0 Å². The van der Waals surface area contributed by atoms with Gasteiger partial charge in [0, 0.05) is 38.8 Å². The molecule has 0 unspecified atom stereocenters. The van der Waals surface area contributed by atoms with Gasteiger partial charge in [-0.05, 0) is 26.3 Å². The fraction of sp³-hybridized carbons (Fsp3) is 0.933. The lowest BCUT2D eigenvalue weighted by molar-refractivity contribution is 0.0450. The maximum atomic E-state index is 12.2. The van der Waals surface area contributed by atoms with Gasteiger partial charge < -0.3 is 9.80 Å². The predicted molar refractivity (Wildman–Crippen MR) is 78.3 cm³/mol. The largest absolute Gasteiger partial charge is 0.325 e. The molecule has 0 aliphatic carbocycles. The van der Waals surface area contributed by atoms with Crippen LogP contribution in [-0.4, -0.2) is 66.0 Å². The number of urea groups is 1. The summed E-state index contributed by atoms with van der Waals surface area (Å²) in [6.07, 6.45) is 6.47. The molecule has 0 bridgehead atoms. The predicted octanol–water partition coefficient (Wildman–Crippen LogP) is 2.40.